The van der Waals surface area contributed by atoms with E-state index in [1.807, 2.05) is 0 Å². The second kappa shape index (κ2) is 6.41. The van der Waals surface area contributed by atoms with Gasteiger partial charge in [-0.25, -0.2) is 9.78 Å². The van der Waals surface area contributed by atoms with Gasteiger partial charge in [0.05, 0.1) is 16.5 Å². The summed E-state index contributed by atoms with van der Waals surface area (Å²) in [5.41, 5.74) is 0.482. The number of aryl methyl sites for hydroxylation is 1. The number of aromatic amines is 1. The van der Waals surface area contributed by atoms with Crippen molar-refractivity contribution in [2.24, 2.45) is 0 Å². The molecule has 0 saturated heterocycles. The van der Waals surface area contributed by atoms with Crippen LogP contribution in [0.25, 0.3) is 10.9 Å². The van der Waals surface area contributed by atoms with E-state index in [-0.39, 0.29) is 29.7 Å². The minimum Gasteiger partial charge on any atom is -0.478 e. The number of aromatic carboxylic acids is 1. The molecular formula is C17H13N3O4. The first-order valence-corrected chi connectivity index (χ1v) is 7.24. The lowest BCUT2D eigenvalue weighted by molar-refractivity contribution is 0.0696. The van der Waals surface area contributed by atoms with Gasteiger partial charge in [0, 0.05) is 30.8 Å². The Morgan fingerprint density at radius 3 is 2.71 bits per heavy atom. The van der Waals surface area contributed by atoms with Gasteiger partial charge in [-0.15, -0.1) is 0 Å². The van der Waals surface area contributed by atoms with Crippen LogP contribution in [0.5, 0.6) is 0 Å². The zero-order valence-corrected chi connectivity index (χ0v) is 12.5. The molecule has 24 heavy (non-hydrogen) atoms. The van der Waals surface area contributed by atoms with Gasteiger partial charge in [-0.05, 0) is 30.3 Å². The number of Topliss-reactive ketones (excluding diaryl/α,β-unsaturated/α-hetero) is 1. The number of aromatic nitrogens is 3. The van der Waals surface area contributed by atoms with Crippen LogP contribution in [0.4, 0.5) is 0 Å². The van der Waals surface area contributed by atoms with Crippen molar-refractivity contribution >= 4 is 22.7 Å². The number of nitrogens with zero attached hydrogens (tertiary/aromatic N) is 2. The Kier molecular flexibility index (Phi) is 4.15. The minimum atomic E-state index is -1.09. The molecule has 2 N–H and O–H groups in total. The summed E-state index contributed by atoms with van der Waals surface area (Å²) in [6.45, 7) is 0. The molecule has 2 heterocycles. The third-order valence-corrected chi connectivity index (χ3v) is 3.57. The van der Waals surface area contributed by atoms with Crippen LogP contribution in [0.2, 0.25) is 0 Å². The number of hydrogen-bond donors (Lipinski definition) is 2. The molecule has 0 aliphatic rings. The molecule has 2 aromatic heterocycles. The van der Waals surface area contributed by atoms with E-state index >= 15 is 0 Å². The first-order valence-electron chi connectivity index (χ1n) is 7.24. The van der Waals surface area contributed by atoms with E-state index in [9.17, 15) is 14.4 Å². The van der Waals surface area contributed by atoms with Crippen molar-refractivity contribution in [1.82, 2.24) is 15.0 Å². The highest BCUT2D eigenvalue weighted by Gasteiger charge is 2.11. The van der Waals surface area contributed by atoms with Crippen LogP contribution < -0.4 is 5.56 Å². The molecule has 0 radical (unpaired) electrons. The van der Waals surface area contributed by atoms with Crippen molar-refractivity contribution in [3.8, 4) is 0 Å². The highest BCUT2D eigenvalue weighted by Crippen LogP contribution is 2.12. The van der Waals surface area contributed by atoms with Crippen LogP contribution in [0.1, 0.15) is 33.0 Å². The number of rotatable bonds is 5. The number of H-pyrrole nitrogens is 1. The van der Waals surface area contributed by atoms with Gasteiger partial charge in [0.1, 0.15) is 5.82 Å². The van der Waals surface area contributed by atoms with Crippen molar-refractivity contribution in [3.05, 3.63) is 70.0 Å². The van der Waals surface area contributed by atoms with Gasteiger partial charge in [0.15, 0.2) is 5.78 Å². The molecule has 0 aliphatic carbocycles. The van der Waals surface area contributed by atoms with Gasteiger partial charge in [-0.3, -0.25) is 14.6 Å². The quantitative estimate of drug-likeness (QED) is 0.693. The van der Waals surface area contributed by atoms with Crippen LogP contribution in [-0.2, 0) is 6.42 Å². The van der Waals surface area contributed by atoms with Crippen LogP contribution >= 0.6 is 0 Å². The number of hydrogen-bond acceptors (Lipinski definition) is 5. The van der Waals surface area contributed by atoms with E-state index in [2.05, 4.69) is 15.0 Å². The van der Waals surface area contributed by atoms with Crippen LogP contribution in [-0.4, -0.2) is 31.8 Å². The second-order valence-corrected chi connectivity index (χ2v) is 5.21. The Bertz CT molecular complexity index is 980. The third kappa shape index (κ3) is 3.19. The van der Waals surface area contributed by atoms with Crippen molar-refractivity contribution in [2.45, 2.75) is 12.8 Å². The molecule has 0 aliphatic heterocycles. The molecule has 0 spiro atoms. The Morgan fingerprint density at radius 2 is 2.00 bits per heavy atom. The molecule has 120 valence electrons. The number of carbonyl (C=O) groups excluding carboxylic acids is 1. The molecular weight excluding hydrogens is 310 g/mol. The number of ketones is 1. The number of carboxylic acid groups (broad SMARTS) is 1. The van der Waals surface area contributed by atoms with Crippen LogP contribution in [0.3, 0.4) is 0 Å². The summed E-state index contributed by atoms with van der Waals surface area (Å²) >= 11 is 0. The Labute approximate surface area is 136 Å². The molecule has 0 atom stereocenters. The van der Waals surface area contributed by atoms with Crippen molar-refractivity contribution in [3.63, 3.8) is 0 Å². The second-order valence-electron chi connectivity index (χ2n) is 5.21. The fraction of sp³-hybridized carbons (Fsp3) is 0.118. The first kappa shape index (κ1) is 15.5. The number of pyridine rings is 1. The van der Waals surface area contributed by atoms with Gasteiger partial charge in [0.2, 0.25) is 0 Å². The van der Waals surface area contributed by atoms with E-state index in [1.165, 1.54) is 24.4 Å². The van der Waals surface area contributed by atoms with E-state index in [0.29, 0.717) is 22.3 Å². The van der Waals surface area contributed by atoms with Gasteiger partial charge < -0.3 is 10.1 Å². The average Bonchev–Trinajstić information content (AvgIpc) is 2.60. The number of carbonyl (C=O) groups is 2. The summed E-state index contributed by atoms with van der Waals surface area (Å²) in [5.74, 6) is -0.857. The fourth-order valence-electron chi connectivity index (χ4n) is 2.34. The third-order valence-electron chi connectivity index (χ3n) is 3.57. The Morgan fingerprint density at radius 1 is 1.17 bits per heavy atom. The van der Waals surface area contributed by atoms with E-state index in [4.69, 9.17) is 5.11 Å². The normalized spacial score (nSPS) is 10.7. The van der Waals surface area contributed by atoms with Crippen LogP contribution in [0.15, 0.2) is 47.5 Å². The molecule has 7 heteroatoms. The van der Waals surface area contributed by atoms with E-state index < -0.39 is 5.97 Å². The lowest BCUT2D eigenvalue weighted by Gasteiger charge is -2.04. The first-order chi connectivity index (χ1) is 11.5. The van der Waals surface area contributed by atoms with Gasteiger partial charge >= 0.3 is 5.97 Å². The highest BCUT2D eigenvalue weighted by molar-refractivity contribution is 5.96. The van der Waals surface area contributed by atoms with Crippen molar-refractivity contribution < 1.29 is 14.7 Å². The summed E-state index contributed by atoms with van der Waals surface area (Å²) in [4.78, 5) is 45.9. The Balaban J connectivity index is 1.86. The minimum absolute atomic E-state index is 0.0537. The molecule has 0 unspecified atom stereocenters. The largest absolute Gasteiger partial charge is 0.478 e. The lowest BCUT2D eigenvalue weighted by atomic mass is 10.1. The monoisotopic (exact) mass is 323 g/mol. The molecule has 3 rings (SSSR count). The standard InChI is InChI=1S/C17H13N3O4/c21-14(11-2-1-7-18-9-11)5-6-15-19-13-8-10(17(23)24)3-4-12(13)16(22)20-15/h1-4,7-9H,5-6H2,(H,23,24)(H,19,20,22). The van der Waals surface area contributed by atoms with Gasteiger partial charge in [0.25, 0.3) is 5.56 Å². The average molecular weight is 323 g/mol. The summed E-state index contributed by atoms with van der Waals surface area (Å²) in [7, 11) is 0. The molecule has 3 aromatic rings. The summed E-state index contributed by atoms with van der Waals surface area (Å²) in [6, 6.07) is 7.48. The molecule has 7 nitrogen and oxygen atoms in total. The topological polar surface area (TPSA) is 113 Å². The van der Waals surface area contributed by atoms with Crippen LogP contribution in [0, 0.1) is 0 Å². The van der Waals surface area contributed by atoms with Gasteiger partial charge in [-0.2, -0.15) is 0 Å². The number of benzene rings is 1. The lowest BCUT2D eigenvalue weighted by Crippen LogP contribution is -2.14. The predicted molar refractivity (Wildman–Crippen MR) is 86.2 cm³/mol. The maximum Gasteiger partial charge on any atom is 0.335 e. The Hall–Kier alpha value is -3.35. The fourth-order valence-corrected chi connectivity index (χ4v) is 2.34. The molecule has 0 saturated carbocycles. The summed E-state index contributed by atoms with van der Waals surface area (Å²) in [5, 5.41) is 9.33. The maximum atomic E-state index is 12.1. The zero-order valence-electron chi connectivity index (χ0n) is 12.5. The molecule has 1 aromatic carbocycles. The highest BCUT2D eigenvalue weighted by atomic mass is 16.4. The molecule has 0 fully saturated rings. The van der Waals surface area contributed by atoms with Crippen molar-refractivity contribution in [2.75, 3.05) is 0 Å². The smallest absolute Gasteiger partial charge is 0.335 e. The van der Waals surface area contributed by atoms with E-state index in [0.717, 1.165) is 0 Å². The maximum absolute atomic E-state index is 12.1. The molecule has 0 bridgehead atoms. The van der Waals surface area contributed by atoms with Gasteiger partial charge in [-0.1, -0.05) is 0 Å². The number of nitrogens with one attached hydrogen (secondary N) is 1. The summed E-state index contributed by atoms with van der Waals surface area (Å²) < 4.78 is 0. The zero-order chi connectivity index (χ0) is 17.1. The number of carboxylic acids is 1. The molecule has 0 amide bonds. The predicted octanol–water partition coefficient (Wildman–Crippen LogP) is 1.83. The van der Waals surface area contributed by atoms with E-state index in [1.54, 1.807) is 18.3 Å². The number of fused-ring (bicyclic) bond motifs is 1. The summed E-state index contributed by atoms with van der Waals surface area (Å²) in [6.07, 6.45) is 3.48. The SMILES string of the molecule is O=C(O)c1ccc2c(=O)[nH]c(CCC(=O)c3cccnc3)nc2c1. The van der Waals surface area contributed by atoms with Crippen molar-refractivity contribution in [1.29, 1.82) is 0 Å².